The first-order chi connectivity index (χ1) is 14.9. The second-order valence-electron chi connectivity index (χ2n) is 7.40. The molecule has 0 amide bonds. The van der Waals surface area contributed by atoms with Gasteiger partial charge in [0.15, 0.2) is 11.3 Å². The number of halogens is 1. The van der Waals surface area contributed by atoms with E-state index < -0.39 is 6.19 Å². The molecule has 0 radical (unpaired) electrons. The molecule has 0 bridgehead atoms. The van der Waals surface area contributed by atoms with Crippen LogP contribution in [0.1, 0.15) is 17.0 Å². The van der Waals surface area contributed by atoms with Crippen LogP contribution in [-0.4, -0.2) is 27.3 Å². The summed E-state index contributed by atoms with van der Waals surface area (Å²) >= 11 is 6.37. The number of benzene rings is 2. The highest BCUT2D eigenvalue weighted by Gasteiger charge is 2.42. The van der Waals surface area contributed by atoms with Crippen LogP contribution in [0.2, 0.25) is 0 Å². The van der Waals surface area contributed by atoms with Gasteiger partial charge in [0.1, 0.15) is 23.6 Å². The molecule has 4 aromatic rings. The number of aliphatic imine (C=N–C) groups is 1. The SMILES string of the molecule is Cc1ccc(P2(=S)c3c(C)nn(-c4ccccc4)c3N=C(c3ccccc3F)N2C)o1. The molecule has 0 fully saturated rings. The molecule has 5 rings (SSSR count). The first-order valence-corrected chi connectivity index (χ1v) is 12.6. The average Bonchev–Trinajstić information content (AvgIpc) is 3.36. The van der Waals surface area contributed by atoms with Crippen LogP contribution in [0.4, 0.5) is 10.2 Å². The molecule has 8 heteroatoms. The van der Waals surface area contributed by atoms with Crippen LogP contribution in [0.25, 0.3) is 5.69 Å². The Balaban J connectivity index is 1.86. The lowest BCUT2D eigenvalue weighted by Gasteiger charge is -2.36. The quantitative estimate of drug-likeness (QED) is 0.429. The van der Waals surface area contributed by atoms with Gasteiger partial charge in [-0.05, 0) is 50.2 Å². The van der Waals surface area contributed by atoms with E-state index in [1.807, 2.05) is 68.0 Å². The zero-order valence-corrected chi connectivity index (χ0v) is 19.0. The Labute approximate surface area is 184 Å². The fraction of sp³-hybridized carbons (Fsp3) is 0.130. The number of amidine groups is 1. The Morgan fingerprint density at radius 3 is 2.35 bits per heavy atom. The van der Waals surface area contributed by atoms with Crippen molar-refractivity contribution >= 4 is 40.5 Å². The van der Waals surface area contributed by atoms with Crippen LogP contribution in [0, 0.1) is 19.7 Å². The highest BCUT2D eigenvalue weighted by atomic mass is 32.4. The molecule has 1 aliphatic heterocycles. The molecule has 0 spiro atoms. The van der Waals surface area contributed by atoms with Gasteiger partial charge in [0.25, 0.3) is 0 Å². The van der Waals surface area contributed by atoms with E-state index in [2.05, 4.69) is 0 Å². The van der Waals surface area contributed by atoms with E-state index in [0.717, 1.165) is 22.4 Å². The van der Waals surface area contributed by atoms with E-state index in [9.17, 15) is 4.39 Å². The number of hydrogen-bond donors (Lipinski definition) is 0. The molecule has 31 heavy (non-hydrogen) atoms. The lowest BCUT2D eigenvalue weighted by atomic mass is 10.2. The van der Waals surface area contributed by atoms with Crippen molar-refractivity contribution in [2.75, 3.05) is 7.05 Å². The van der Waals surface area contributed by atoms with E-state index in [0.29, 0.717) is 22.7 Å². The van der Waals surface area contributed by atoms with E-state index in [1.54, 1.807) is 22.9 Å². The van der Waals surface area contributed by atoms with Crippen molar-refractivity contribution < 1.29 is 8.81 Å². The predicted octanol–water partition coefficient (Wildman–Crippen LogP) is 4.59. The number of aromatic nitrogens is 2. The fourth-order valence-electron chi connectivity index (χ4n) is 3.89. The summed E-state index contributed by atoms with van der Waals surface area (Å²) in [6, 6.07) is 20.2. The molecular weight excluding hydrogens is 430 g/mol. The van der Waals surface area contributed by atoms with Gasteiger partial charge in [-0.3, -0.25) is 0 Å². The molecule has 5 nitrogen and oxygen atoms in total. The maximum absolute atomic E-state index is 14.8. The minimum absolute atomic E-state index is 0.351. The summed E-state index contributed by atoms with van der Waals surface area (Å²) in [4.78, 5) is 4.90. The van der Waals surface area contributed by atoms with Crippen LogP contribution in [0.15, 0.2) is 76.1 Å². The van der Waals surface area contributed by atoms with Crippen LogP contribution in [0.5, 0.6) is 0 Å². The molecule has 156 valence electrons. The molecule has 0 saturated carbocycles. The van der Waals surface area contributed by atoms with Crippen molar-refractivity contribution in [3.05, 3.63) is 89.6 Å². The predicted molar refractivity (Wildman–Crippen MR) is 126 cm³/mol. The Morgan fingerprint density at radius 2 is 1.68 bits per heavy atom. The molecule has 1 atom stereocenters. The molecular formula is C23H20FN4OPS. The maximum Gasteiger partial charge on any atom is 0.168 e. The molecule has 2 aromatic carbocycles. The van der Waals surface area contributed by atoms with Crippen LogP contribution in [-0.2, 0) is 11.8 Å². The van der Waals surface area contributed by atoms with E-state index >= 15 is 0 Å². The highest BCUT2D eigenvalue weighted by molar-refractivity contribution is 8.21. The molecule has 1 aliphatic rings. The number of aryl methyl sites for hydroxylation is 2. The van der Waals surface area contributed by atoms with Gasteiger partial charge in [-0.2, -0.15) is 5.10 Å². The zero-order chi connectivity index (χ0) is 21.8. The fourth-order valence-corrected chi connectivity index (χ4v) is 7.73. The minimum Gasteiger partial charge on any atom is -0.459 e. The van der Waals surface area contributed by atoms with E-state index in [-0.39, 0.29) is 5.82 Å². The second-order valence-corrected chi connectivity index (χ2v) is 11.6. The summed E-state index contributed by atoms with van der Waals surface area (Å²) in [6.45, 7) is 3.83. The van der Waals surface area contributed by atoms with E-state index in [1.165, 1.54) is 6.07 Å². The van der Waals surface area contributed by atoms with Crippen molar-refractivity contribution in [3.8, 4) is 5.69 Å². The number of furan rings is 1. The van der Waals surface area contributed by atoms with Crippen molar-refractivity contribution in [2.45, 2.75) is 13.8 Å². The number of fused-ring (bicyclic) bond motifs is 1. The maximum atomic E-state index is 14.8. The van der Waals surface area contributed by atoms with Gasteiger partial charge in [-0.15, -0.1) is 0 Å². The summed E-state index contributed by atoms with van der Waals surface area (Å²) in [6.07, 6.45) is -2.69. The number of rotatable bonds is 3. The minimum atomic E-state index is -2.69. The summed E-state index contributed by atoms with van der Waals surface area (Å²) in [7, 11) is 1.87. The molecule has 1 unspecified atom stereocenters. The van der Waals surface area contributed by atoms with Gasteiger partial charge < -0.3 is 9.09 Å². The molecule has 0 aliphatic carbocycles. The average molecular weight is 450 g/mol. The molecule has 3 heterocycles. The third kappa shape index (κ3) is 2.99. The number of hydrogen-bond acceptors (Lipinski definition) is 4. The van der Waals surface area contributed by atoms with Gasteiger partial charge in [0.05, 0.1) is 22.2 Å². The Kier molecular flexibility index (Phi) is 4.68. The third-order valence-corrected chi connectivity index (χ3v) is 10.2. The molecule has 0 saturated heterocycles. The largest absolute Gasteiger partial charge is 0.459 e. The summed E-state index contributed by atoms with van der Waals surface area (Å²) < 4.78 is 24.6. The standard InChI is InChI=1S/C23H20FN4OPS/c1-15-13-14-20(29-15)30(31)21-16(2)26-28(17-9-5-4-6-10-17)23(21)25-22(27(30)3)18-11-7-8-12-19(18)24/h4-14H,1-3H3. The van der Waals surface area contributed by atoms with Crippen molar-refractivity contribution in [1.29, 1.82) is 0 Å². The normalized spacial score (nSPS) is 18.1. The van der Waals surface area contributed by atoms with Gasteiger partial charge in [0, 0.05) is 7.05 Å². The van der Waals surface area contributed by atoms with Gasteiger partial charge in [0.2, 0.25) is 0 Å². The van der Waals surface area contributed by atoms with Crippen molar-refractivity contribution in [1.82, 2.24) is 14.5 Å². The van der Waals surface area contributed by atoms with Crippen LogP contribution >= 0.6 is 6.19 Å². The van der Waals surface area contributed by atoms with E-state index in [4.69, 9.17) is 26.3 Å². The summed E-state index contributed by atoms with van der Waals surface area (Å²) in [5.41, 5.74) is 2.74. The zero-order valence-electron chi connectivity index (χ0n) is 17.3. The van der Waals surface area contributed by atoms with Crippen LogP contribution < -0.4 is 10.8 Å². The lowest BCUT2D eigenvalue weighted by molar-refractivity contribution is 0.563. The Hall–Kier alpha value is -3.02. The molecule has 2 aromatic heterocycles. The van der Waals surface area contributed by atoms with Gasteiger partial charge in [-0.1, -0.05) is 42.1 Å². The highest BCUT2D eigenvalue weighted by Crippen LogP contribution is 2.54. The summed E-state index contributed by atoms with van der Waals surface area (Å²) in [5.74, 6) is 1.52. The third-order valence-electron chi connectivity index (χ3n) is 5.39. The number of para-hydroxylation sites is 1. The Morgan fingerprint density at radius 1 is 0.968 bits per heavy atom. The van der Waals surface area contributed by atoms with Crippen LogP contribution in [0.3, 0.4) is 0 Å². The number of nitrogens with zero attached hydrogens (tertiary/aromatic N) is 4. The van der Waals surface area contributed by atoms with Gasteiger partial charge in [-0.25, -0.2) is 14.1 Å². The summed E-state index contributed by atoms with van der Waals surface area (Å²) in [5, 5.41) is 5.65. The Bertz CT molecular complexity index is 1380. The smallest absolute Gasteiger partial charge is 0.168 e. The van der Waals surface area contributed by atoms with Crippen molar-refractivity contribution in [3.63, 3.8) is 0 Å². The molecule has 0 N–H and O–H groups in total. The second kappa shape index (κ2) is 7.29. The lowest BCUT2D eigenvalue weighted by Crippen LogP contribution is -2.38. The topological polar surface area (TPSA) is 46.6 Å². The van der Waals surface area contributed by atoms with Crippen molar-refractivity contribution in [2.24, 2.45) is 4.99 Å². The first-order valence-electron chi connectivity index (χ1n) is 9.81. The monoisotopic (exact) mass is 450 g/mol. The first kappa shape index (κ1) is 19.9. The van der Waals surface area contributed by atoms with Gasteiger partial charge >= 0.3 is 0 Å².